The molecule has 12 heteroatoms. The van der Waals surface area contributed by atoms with Crippen LogP contribution in [0.5, 0.6) is 23.0 Å². The van der Waals surface area contributed by atoms with Crippen molar-refractivity contribution >= 4 is 45.5 Å². The lowest BCUT2D eigenvalue weighted by molar-refractivity contribution is -0.107. The molecule has 0 amide bonds. The summed E-state index contributed by atoms with van der Waals surface area (Å²) in [6.45, 7) is 2.04. The molecule has 0 bridgehead atoms. The zero-order valence-corrected chi connectivity index (χ0v) is 31.3. The Morgan fingerprint density at radius 1 is 0.731 bits per heavy atom. The van der Waals surface area contributed by atoms with Crippen LogP contribution in [0.1, 0.15) is 45.5 Å². The van der Waals surface area contributed by atoms with Crippen LogP contribution in [-0.2, 0) is 35.3 Å². The average Bonchev–Trinajstić information content (AvgIpc) is 3.15. The first-order valence-electron chi connectivity index (χ1n) is 17.6. The van der Waals surface area contributed by atoms with Gasteiger partial charge in [0.2, 0.25) is 0 Å². The van der Waals surface area contributed by atoms with Gasteiger partial charge in [-0.25, -0.2) is 0 Å². The van der Waals surface area contributed by atoms with Crippen molar-refractivity contribution in [2.75, 3.05) is 65.1 Å². The fourth-order valence-electron chi connectivity index (χ4n) is 8.74. The summed E-state index contributed by atoms with van der Waals surface area (Å²) in [7, 11) is 10.8. The summed E-state index contributed by atoms with van der Waals surface area (Å²) in [5.74, 6) is 1.13. The Bertz CT molecular complexity index is 1970. The van der Waals surface area contributed by atoms with Gasteiger partial charge < -0.3 is 39.9 Å². The number of nitrogens with zero attached hydrogens (tertiary/aromatic N) is 2. The number of carbonyl (C=O) groups excluding carboxylic acids is 2. The molecule has 0 saturated heterocycles. The number of aldehydes is 2. The summed E-state index contributed by atoms with van der Waals surface area (Å²) < 4.78 is 11.1. The van der Waals surface area contributed by atoms with Crippen molar-refractivity contribution in [2.24, 2.45) is 0 Å². The van der Waals surface area contributed by atoms with Crippen LogP contribution in [0.3, 0.4) is 0 Å². The molecule has 52 heavy (non-hydrogen) atoms. The second-order valence-corrected chi connectivity index (χ2v) is 16.0. The second-order valence-electron chi connectivity index (χ2n) is 13.9. The van der Waals surface area contributed by atoms with E-state index >= 15 is 0 Å². The first kappa shape index (κ1) is 34.7. The van der Waals surface area contributed by atoms with E-state index in [1.54, 1.807) is 35.8 Å². The summed E-state index contributed by atoms with van der Waals surface area (Å²) in [5, 5.41) is 29.7. The molecule has 8 rings (SSSR count). The van der Waals surface area contributed by atoms with Crippen molar-refractivity contribution < 1.29 is 29.3 Å². The monoisotopic (exact) mass is 738 g/mol. The van der Waals surface area contributed by atoms with Crippen molar-refractivity contribution in [3.63, 3.8) is 0 Å². The predicted octanol–water partition coefficient (Wildman–Crippen LogP) is 6.64. The zero-order valence-electron chi connectivity index (χ0n) is 29.7. The van der Waals surface area contributed by atoms with Gasteiger partial charge in [-0.1, -0.05) is 12.1 Å². The number of phenolic OH excluding ortho intramolecular Hbond substituents is 2. The number of methoxy groups -OCH3 is 2. The summed E-state index contributed by atoms with van der Waals surface area (Å²) in [4.78, 5) is 30.4. The normalized spacial score (nSPS) is 18.4. The quantitative estimate of drug-likeness (QED) is 0.0975. The minimum Gasteiger partial charge on any atom is -0.504 e. The lowest BCUT2D eigenvalue weighted by atomic mass is 9.76. The molecule has 0 saturated carbocycles. The second kappa shape index (κ2) is 13.9. The third kappa shape index (κ3) is 5.50. The summed E-state index contributed by atoms with van der Waals surface area (Å²) in [5.41, 5.74) is 12.2. The highest BCUT2D eigenvalue weighted by atomic mass is 33.1. The SMILES string of the molecule is COc1ccc2c(c1O)-c1cc(NCC=O)c(SSc3c(NCC=O)cc4c5c3CCN(C)[C@@H]5Cc3ccc(OC)c(O)c3-4)c3c1[C@@H](C2)N(C)CC3. The first-order valence-corrected chi connectivity index (χ1v) is 19.7. The minimum atomic E-state index is 0.133. The van der Waals surface area contributed by atoms with Crippen molar-refractivity contribution in [1.29, 1.82) is 0 Å². The fourth-order valence-corrected chi connectivity index (χ4v) is 11.6. The van der Waals surface area contributed by atoms with E-state index in [4.69, 9.17) is 9.47 Å². The van der Waals surface area contributed by atoms with E-state index in [1.165, 1.54) is 22.3 Å². The first-order chi connectivity index (χ1) is 25.3. The van der Waals surface area contributed by atoms with Gasteiger partial charge >= 0.3 is 0 Å². The number of ether oxygens (including phenoxy) is 2. The number of nitrogens with one attached hydrogen (secondary N) is 2. The highest BCUT2D eigenvalue weighted by Gasteiger charge is 2.39. The van der Waals surface area contributed by atoms with Crippen LogP contribution < -0.4 is 20.1 Å². The smallest absolute Gasteiger partial charge is 0.165 e. The number of rotatable bonds is 11. The number of aromatic hydroxyl groups is 2. The standard InChI is InChI=1S/C40H42N4O6S2/c1-43-13-9-23-35-25(33-21(17-29(35)43)5-7-31(49-3)37(33)47)19-27(41-11-15-45)39(23)51-52-40-24-10-14-44(2)30-18-22-6-8-32(50-4)38(48)34(22)26(36(24)30)20-28(40)42-12-16-46/h5-8,15-16,19-20,29-30,41-42,47-48H,9-14,17-18H2,1-4H3/t29-,30-/m1/s1. The van der Waals surface area contributed by atoms with Crippen molar-refractivity contribution in [2.45, 2.75) is 47.6 Å². The molecule has 4 aliphatic rings. The Labute approximate surface area is 311 Å². The molecule has 4 N–H and O–H groups in total. The number of phenols is 2. The lowest BCUT2D eigenvalue weighted by Gasteiger charge is -2.42. The van der Waals surface area contributed by atoms with E-state index in [1.807, 2.05) is 24.3 Å². The van der Waals surface area contributed by atoms with Crippen LogP contribution in [0.15, 0.2) is 46.2 Å². The molecule has 10 nitrogen and oxygen atoms in total. The third-order valence-corrected chi connectivity index (χ3v) is 13.8. The molecule has 2 heterocycles. The van der Waals surface area contributed by atoms with Crippen LogP contribution in [0.2, 0.25) is 0 Å². The average molecular weight is 739 g/mol. The Hall–Kier alpha value is -4.36. The van der Waals surface area contributed by atoms with Crippen LogP contribution in [0, 0.1) is 0 Å². The molecule has 2 aliphatic carbocycles. The van der Waals surface area contributed by atoms with E-state index in [9.17, 15) is 19.8 Å². The Balaban J connectivity index is 1.29. The molecule has 4 aromatic carbocycles. The van der Waals surface area contributed by atoms with Gasteiger partial charge in [0, 0.05) is 57.5 Å². The van der Waals surface area contributed by atoms with Gasteiger partial charge in [0.15, 0.2) is 23.0 Å². The number of likely N-dealkylation sites (N-methyl/N-ethyl adjacent to an activating group) is 2. The summed E-state index contributed by atoms with van der Waals surface area (Å²) in [6.07, 6.45) is 4.89. The molecule has 2 aliphatic heterocycles. The molecule has 0 spiro atoms. The molecule has 0 fully saturated rings. The molecule has 0 unspecified atom stereocenters. The van der Waals surface area contributed by atoms with Crippen LogP contribution in [0.4, 0.5) is 11.4 Å². The Morgan fingerprint density at radius 2 is 1.15 bits per heavy atom. The number of hydrogen-bond donors (Lipinski definition) is 4. The van der Waals surface area contributed by atoms with E-state index in [-0.39, 0.29) is 36.7 Å². The molecular weight excluding hydrogens is 697 g/mol. The number of anilines is 2. The number of benzene rings is 4. The highest BCUT2D eigenvalue weighted by molar-refractivity contribution is 8.76. The van der Waals surface area contributed by atoms with Gasteiger partial charge in [-0.05, 0) is 130 Å². The van der Waals surface area contributed by atoms with Gasteiger partial charge in [0.1, 0.15) is 12.6 Å². The molecule has 4 aromatic rings. The fraction of sp³-hybridized carbons (Fsp3) is 0.350. The molecule has 2 atom stereocenters. The van der Waals surface area contributed by atoms with Crippen LogP contribution >= 0.6 is 21.6 Å². The Morgan fingerprint density at radius 3 is 1.54 bits per heavy atom. The van der Waals surface area contributed by atoms with E-state index in [2.05, 4.69) is 46.7 Å². The van der Waals surface area contributed by atoms with E-state index < -0.39 is 0 Å². The maximum Gasteiger partial charge on any atom is 0.165 e. The summed E-state index contributed by atoms with van der Waals surface area (Å²) >= 11 is 0. The predicted molar refractivity (Wildman–Crippen MR) is 207 cm³/mol. The minimum absolute atomic E-state index is 0.133. The maximum atomic E-state index is 11.7. The molecule has 0 aromatic heterocycles. The zero-order chi connectivity index (χ0) is 36.3. The Kier molecular flexibility index (Phi) is 9.27. The van der Waals surface area contributed by atoms with Gasteiger partial charge in [0.05, 0.1) is 27.3 Å². The van der Waals surface area contributed by atoms with Crippen molar-refractivity contribution in [3.8, 4) is 45.3 Å². The van der Waals surface area contributed by atoms with Gasteiger partial charge in [0.25, 0.3) is 0 Å². The number of hydrogen-bond acceptors (Lipinski definition) is 12. The number of carbonyl (C=O) groups is 2. The molecule has 0 radical (unpaired) electrons. The van der Waals surface area contributed by atoms with E-state index in [0.717, 1.165) is 106 Å². The van der Waals surface area contributed by atoms with Crippen molar-refractivity contribution in [3.05, 3.63) is 69.8 Å². The topological polar surface area (TPSA) is 124 Å². The van der Waals surface area contributed by atoms with Crippen LogP contribution in [0.25, 0.3) is 22.3 Å². The third-order valence-electron chi connectivity index (χ3n) is 11.2. The van der Waals surface area contributed by atoms with Gasteiger partial charge in [-0.3, -0.25) is 9.80 Å². The molecular formula is C40H42N4O6S2. The van der Waals surface area contributed by atoms with Crippen LogP contribution in [-0.4, -0.2) is 87.1 Å². The summed E-state index contributed by atoms with van der Waals surface area (Å²) in [6, 6.07) is 12.2. The van der Waals surface area contributed by atoms with Gasteiger partial charge in [-0.2, -0.15) is 0 Å². The maximum absolute atomic E-state index is 11.7. The highest BCUT2D eigenvalue weighted by Crippen LogP contribution is 2.58. The van der Waals surface area contributed by atoms with Gasteiger partial charge in [-0.15, -0.1) is 0 Å². The number of fused-ring (bicyclic) bond motifs is 4. The molecule has 270 valence electrons. The lowest BCUT2D eigenvalue weighted by Crippen LogP contribution is -2.36. The van der Waals surface area contributed by atoms with Crippen molar-refractivity contribution in [1.82, 2.24) is 9.80 Å². The van der Waals surface area contributed by atoms with E-state index in [0.29, 0.717) is 11.5 Å². The largest absolute Gasteiger partial charge is 0.504 e.